The fourth-order valence-electron chi connectivity index (χ4n) is 3.85. The quantitative estimate of drug-likeness (QED) is 0.211. The Balaban J connectivity index is 1.39. The average Bonchev–Trinajstić information content (AvgIpc) is 2.93. The number of carbonyl (C=O) groups is 2. The van der Waals surface area contributed by atoms with Gasteiger partial charge in [0.1, 0.15) is 11.8 Å². The van der Waals surface area contributed by atoms with Crippen molar-refractivity contribution in [1.82, 2.24) is 11.0 Å². The lowest BCUT2D eigenvalue weighted by molar-refractivity contribution is -0.151. The molecule has 36 heavy (non-hydrogen) atoms. The topological polar surface area (TPSA) is 101 Å². The monoisotopic (exact) mass is 479 g/mol. The first-order chi connectivity index (χ1) is 17.6. The van der Waals surface area contributed by atoms with Gasteiger partial charge in [-0.1, -0.05) is 121 Å². The van der Waals surface area contributed by atoms with Gasteiger partial charge in [-0.25, -0.2) is 9.59 Å². The molecular formula is C29H25N3O4. The van der Waals surface area contributed by atoms with E-state index in [1.807, 2.05) is 121 Å². The van der Waals surface area contributed by atoms with Crippen molar-refractivity contribution in [3.8, 4) is 0 Å². The summed E-state index contributed by atoms with van der Waals surface area (Å²) in [5.74, 6) is -3.13. The fraction of sp³-hybridized carbons (Fsp3) is 0.0690. The number of nitrogens with one attached hydrogen (secondary N) is 3. The molecule has 0 unspecified atom stereocenters. The van der Waals surface area contributed by atoms with E-state index in [2.05, 4.69) is 11.0 Å². The van der Waals surface area contributed by atoms with Gasteiger partial charge in [-0.2, -0.15) is 11.0 Å². The summed E-state index contributed by atoms with van der Waals surface area (Å²) in [5, 5.41) is 8.00. The molecule has 4 rings (SSSR count). The summed E-state index contributed by atoms with van der Waals surface area (Å²) in [5.41, 5.74) is 7.42. The van der Waals surface area contributed by atoms with Crippen LogP contribution in [0.5, 0.6) is 0 Å². The lowest BCUT2D eigenvalue weighted by Crippen LogP contribution is -2.40. The van der Waals surface area contributed by atoms with Crippen LogP contribution in [0, 0.1) is 5.41 Å². The van der Waals surface area contributed by atoms with Gasteiger partial charge in [0.2, 0.25) is 0 Å². The van der Waals surface area contributed by atoms with Crippen molar-refractivity contribution >= 4 is 17.9 Å². The van der Waals surface area contributed by atoms with Crippen LogP contribution in [0.2, 0.25) is 0 Å². The molecule has 0 amide bonds. The van der Waals surface area contributed by atoms with Gasteiger partial charge in [-0.3, -0.25) is 5.41 Å². The number of hydroxylamine groups is 2. The van der Waals surface area contributed by atoms with E-state index in [1.54, 1.807) is 0 Å². The SMILES string of the molecule is N=C(NOC(=O)C(c1ccccc1)c1ccccc1)NOC(=O)C(c1ccccc1)c1ccccc1. The Morgan fingerprint density at radius 3 is 1.00 bits per heavy atom. The number of carbonyl (C=O) groups excluding carboxylic acids is 2. The second-order valence-electron chi connectivity index (χ2n) is 7.93. The van der Waals surface area contributed by atoms with E-state index in [1.165, 1.54) is 0 Å². The highest BCUT2D eigenvalue weighted by molar-refractivity contribution is 5.86. The number of benzene rings is 4. The number of rotatable bonds is 6. The van der Waals surface area contributed by atoms with Crippen molar-refractivity contribution in [2.75, 3.05) is 0 Å². The third-order valence-corrected chi connectivity index (χ3v) is 5.51. The second kappa shape index (κ2) is 12.0. The molecule has 7 nitrogen and oxygen atoms in total. The van der Waals surface area contributed by atoms with Gasteiger partial charge in [0.25, 0.3) is 5.96 Å². The predicted molar refractivity (Wildman–Crippen MR) is 136 cm³/mol. The molecule has 0 aromatic heterocycles. The van der Waals surface area contributed by atoms with Gasteiger partial charge in [0.15, 0.2) is 0 Å². The van der Waals surface area contributed by atoms with Gasteiger partial charge in [-0.05, 0) is 22.3 Å². The van der Waals surface area contributed by atoms with Crippen LogP contribution in [-0.4, -0.2) is 17.9 Å². The zero-order valence-electron chi connectivity index (χ0n) is 19.3. The third-order valence-electron chi connectivity index (χ3n) is 5.51. The Kier molecular flexibility index (Phi) is 8.07. The molecule has 180 valence electrons. The molecule has 0 bridgehead atoms. The Morgan fingerprint density at radius 1 is 0.500 bits per heavy atom. The molecule has 0 aliphatic carbocycles. The molecule has 0 fully saturated rings. The molecule has 0 atom stereocenters. The van der Waals surface area contributed by atoms with Crippen molar-refractivity contribution in [2.24, 2.45) is 0 Å². The zero-order chi connectivity index (χ0) is 25.2. The molecule has 3 N–H and O–H groups in total. The summed E-state index contributed by atoms with van der Waals surface area (Å²) in [6.45, 7) is 0. The molecule has 4 aromatic rings. The normalized spacial score (nSPS) is 10.5. The van der Waals surface area contributed by atoms with E-state index >= 15 is 0 Å². The summed E-state index contributed by atoms with van der Waals surface area (Å²) in [4.78, 5) is 36.2. The van der Waals surface area contributed by atoms with E-state index in [0.717, 1.165) is 22.3 Å². The van der Waals surface area contributed by atoms with E-state index in [-0.39, 0.29) is 0 Å². The van der Waals surface area contributed by atoms with Crippen LogP contribution in [0.1, 0.15) is 34.1 Å². The minimum absolute atomic E-state index is 0.503. The predicted octanol–water partition coefficient (Wildman–Crippen LogP) is 4.68. The Bertz CT molecular complexity index is 1100. The molecule has 0 radical (unpaired) electrons. The summed E-state index contributed by atoms with van der Waals surface area (Å²) < 4.78 is 0. The lowest BCUT2D eigenvalue weighted by atomic mass is 9.91. The van der Waals surface area contributed by atoms with Crippen molar-refractivity contribution in [2.45, 2.75) is 11.8 Å². The number of guanidine groups is 1. The largest absolute Gasteiger partial charge is 0.344 e. The first-order valence-electron chi connectivity index (χ1n) is 11.3. The van der Waals surface area contributed by atoms with Crippen LogP contribution < -0.4 is 11.0 Å². The van der Waals surface area contributed by atoms with Crippen LogP contribution >= 0.6 is 0 Å². The molecule has 0 saturated carbocycles. The summed E-state index contributed by atoms with van der Waals surface area (Å²) in [6.07, 6.45) is 0. The van der Waals surface area contributed by atoms with Gasteiger partial charge in [-0.15, -0.1) is 0 Å². The van der Waals surface area contributed by atoms with Crippen LogP contribution in [0.15, 0.2) is 121 Å². The maximum absolute atomic E-state index is 12.9. The first-order valence-corrected chi connectivity index (χ1v) is 11.3. The molecular weight excluding hydrogens is 454 g/mol. The van der Waals surface area contributed by atoms with E-state index in [0.29, 0.717) is 0 Å². The number of hydrogen-bond acceptors (Lipinski definition) is 5. The number of hydrogen-bond donors (Lipinski definition) is 3. The smallest absolute Gasteiger partial charge is 0.340 e. The minimum atomic E-state index is -0.698. The van der Waals surface area contributed by atoms with Crippen LogP contribution in [-0.2, 0) is 19.3 Å². The Morgan fingerprint density at radius 2 is 0.750 bits per heavy atom. The molecule has 7 heteroatoms. The van der Waals surface area contributed by atoms with Gasteiger partial charge < -0.3 is 9.68 Å². The molecule has 4 aromatic carbocycles. The average molecular weight is 480 g/mol. The van der Waals surface area contributed by atoms with Crippen molar-refractivity contribution in [1.29, 1.82) is 5.41 Å². The zero-order valence-corrected chi connectivity index (χ0v) is 19.3. The van der Waals surface area contributed by atoms with Gasteiger partial charge in [0, 0.05) is 0 Å². The maximum Gasteiger partial charge on any atom is 0.344 e. The van der Waals surface area contributed by atoms with Crippen LogP contribution in [0.3, 0.4) is 0 Å². The molecule has 0 heterocycles. The summed E-state index contributed by atoms with van der Waals surface area (Å²) in [7, 11) is 0. The summed E-state index contributed by atoms with van der Waals surface area (Å²) >= 11 is 0. The van der Waals surface area contributed by atoms with Gasteiger partial charge in [0.05, 0.1) is 0 Å². The van der Waals surface area contributed by atoms with Crippen molar-refractivity contribution in [3.05, 3.63) is 144 Å². The minimum Gasteiger partial charge on any atom is -0.340 e. The van der Waals surface area contributed by atoms with Crippen LogP contribution in [0.25, 0.3) is 0 Å². The molecule has 0 aliphatic rings. The third kappa shape index (κ3) is 6.15. The Labute approximate surface area is 209 Å². The second-order valence-corrected chi connectivity index (χ2v) is 7.93. The maximum atomic E-state index is 12.9. The first kappa shape index (κ1) is 24.2. The fourth-order valence-corrected chi connectivity index (χ4v) is 3.85. The molecule has 0 aliphatic heterocycles. The Hall–Kier alpha value is -4.91. The van der Waals surface area contributed by atoms with E-state index in [4.69, 9.17) is 15.1 Å². The molecule has 0 spiro atoms. The van der Waals surface area contributed by atoms with Crippen LogP contribution in [0.4, 0.5) is 0 Å². The lowest BCUT2D eigenvalue weighted by Gasteiger charge is -2.19. The highest BCUT2D eigenvalue weighted by atomic mass is 16.7. The van der Waals surface area contributed by atoms with Crippen molar-refractivity contribution < 1.29 is 19.3 Å². The highest BCUT2D eigenvalue weighted by Gasteiger charge is 2.26. The van der Waals surface area contributed by atoms with E-state index in [9.17, 15) is 9.59 Å². The highest BCUT2D eigenvalue weighted by Crippen LogP contribution is 2.26. The van der Waals surface area contributed by atoms with Crippen molar-refractivity contribution in [3.63, 3.8) is 0 Å². The van der Waals surface area contributed by atoms with Gasteiger partial charge >= 0.3 is 11.9 Å². The van der Waals surface area contributed by atoms with E-state index < -0.39 is 29.7 Å². The molecule has 0 saturated heterocycles. The standard InChI is InChI=1S/C29H25N3O4/c30-29(31-35-27(33)25(21-13-5-1-6-14-21)22-15-7-2-8-16-22)32-36-28(34)26(23-17-9-3-10-18-23)24-19-11-4-12-20-24/h1-20,25-26H,(H3,30,31,32). The summed E-state index contributed by atoms with van der Waals surface area (Å²) in [6, 6.07) is 36.8.